The minimum Gasteiger partial charge on any atom is -0.467 e. The van der Waals surface area contributed by atoms with Crippen LogP contribution < -0.4 is 5.32 Å². The number of nitrogens with zero attached hydrogens (tertiary/aromatic N) is 3. The molecule has 2 aliphatic rings. The lowest BCUT2D eigenvalue weighted by atomic mass is 9.90. The maximum Gasteiger partial charge on any atom is 0.328 e. The minimum absolute atomic E-state index is 0. The van der Waals surface area contributed by atoms with E-state index in [4.69, 9.17) is 9.47 Å². The molecule has 0 aromatic heterocycles. The van der Waals surface area contributed by atoms with Crippen LogP contribution in [0, 0.1) is 0 Å². The Morgan fingerprint density at radius 1 is 0.554 bits per heavy atom. The zero-order valence-electron chi connectivity index (χ0n) is 42.8. The van der Waals surface area contributed by atoms with Gasteiger partial charge in [0.05, 0.1) is 26.1 Å². The van der Waals surface area contributed by atoms with Gasteiger partial charge in [0.25, 0.3) is 0 Å². The Bertz CT molecular complexity index is 2490. The molecule has 2 heterocycles. The number of nitrogens with one attached hydrogen (secondary N) is 1. The molecule has 6 aromatic carbocycles. The fourth-order valence-corrected chi connectivity index (χ4v) is 9.80. The Morgan fingerprint density at radius 3 is 1.30 bits per heavy atom. The van der Waals surface area contributed by atoms with Gasteiger partial charge in [-0.1, -0.05) is 189 Å². The van der Waals surface area contributed by atoms with Gasteiger partial charge in [0, 0.05) is 31.6 Å². The molecule has 1 N–H and O–H groups in total. The van der Waals surface area contributed by atoms with E-state index in [0.717, 1.165) is 67.2 Å². The van der Waals surface area contributed by atoms with Crippen molar-refractivity contribution in [3.05, 3.63) is 215 Å². The number of carbonyl (C=O) groups is 5. The van der Waals surface area contributed by atoms with Crippen LogP contribution >= 0.6 is 0 Å². The second-order valence-electron chi connectivity index (χ2n) is 18.6. The van der Waals surface area contributed by atoms with Crippen LogP contribution in [0.3, 0.4) is 0 Å². The van der Waals surface area contributed by atoms with E-state index in [1.807, 2.05) is 153 Å². The van der Waals surface area contributed by atoms with Gasteiger partial charge in [-0.25, -0.2) is 9.59 Å². The third-order valence-electron chi connectivity index (χ3n) is 13.8. The highest BCUT2D eigenvalue weighted by Crippen LogP contribution is 2.33. The van der Waals surface area contributed by atoms with E-state index in [2.05, 4.69) is 53.7 Å². The number of hydrogen-bond donors (Lipinski definition) is 1. The first-order valence-electron chi connectivity index (χ1n) is 25.5. The molecule has 6 aromatic rings. The van der Waals surface area contributed by atoms with Crippen molar-refractivity contribution in [2.24, 2.45) is 0 Å². The molecular formula is C63H76N4O7. The maximum atomic E-state index is 14.1. The van der Waals surface area contributed by atoms with Gasteiger partial charge in [-0.2, -0.15) is 0 Å². The monoisotopic (exact) mass is 1000 g/mol. The molecular weight excluding hydrogens is 925 g/mol. The number of benzene rings is 6. The Hall–Kier alpha value is -7.21. The van der Waals surface area contributed by atoms with Gasteiger partial charge in [-0.3, -0.25) is 9.59 Å². The molecule has 2 amide bonds. The van der Waals surface area contributed by atoms with Crippen molar-refractivity contribution in [3.63, 3.8) is 0 Å². The maximum absolute atomic E-state index is 14.1. The number of carbonyl (C=O) groups excluding carboxylic acids is 5. The van der Waals surface area contributed by atoms with Crippen LogP contribution in [-0.4, -0.2) is 117 Å². The summed E-state index contributed by atoms with van der Waals surface area (Å²) < 4.78 is 10.1. The summed E-state index contributed by atoms with van der Waals surface area (Å²) in [5.74, 6) is -1.74. The quantitative estimate of drug-likeness (QED) is 0.0480. The highest BCUT2D eigenvalue weighted by Gasteiger charge is 2.45. The first kappa shape index (κ1) is 57.7. The number of methoxy groups -OCH3 is 2. The number of aryl methyl sites for hydroxylation is 2. The summed E-state index contributed by atoms with van der Waals surface area (Å²) >= 11 is 0. The second kappa shape index (κ2) is 30.7. The Labute approximate surface area is 439 Å². The fourth-order valence-electron chi connectivity index (χ4n) is 9.80. The molecule has 4 atom stereocenters. The van der Waals surface area contributed by atoms with E-state index in [0.29, 0.717) is 32.4 Å². The SMILES string of the molecule is C.CN[C@H]1C[C@@H](C(=O)OC)N(C(=O)C(c2ccccc2)c2ccccc2)C1.COC(=O)[C@@H]1C[C@H](N(C)CCCCc2ccccc2)CN1C(=O)C(c1ccccc1)c1ccccc1.O=CCCCc1ccccc1. The summed E-state index contributed by atoms with van der Waals surface area (Å²) in [6.07, 6.45) is 8.01. The van der Waals surface area contributed by atoms with Crippen molar-refractivity contribution < 1.29 is 33.4 Å². The average Bonchev–Trinajstić information content (AvgIpc) is 4.11. The van der Waals surface area contributed by atoms with Crippen LogP contribution in [0.5, 0.6) is 0 Å². The van der Waals surface area contributed by atoms with Crippen molar-refractivity contribution in [2.45, 2.75) is 94.8 Å². The van der Waals surface area contributed by atoms with E-state index in [1.165, 1.54) is 25.3 Å². The van der Waals surface area contributed by atoms with Gasteiger partial charge in [-0.05, 0) is 99.0 Å². The van der Waals surface area contributed by atoms with Crippen LogP contribution in [0.25, 0.3) is 0 Å². The molecule has 390 valence electrons. The lowest BCUT2D eigenvalue weighted by Gasteiger charge is -2.29. The molecule has 0 radical (unpaired) electrons. The molecule has 0 bridgehead atoms. The third-order valence-corrected chi connectivity index (χ3v) is 13.8. The van der Waals surface area contributed by atoms with Gasteiger partial charge in [0.15, 0.2) is 0 Å². The van der Waals surface area contributed by atoms with Crippen molar-refractivity contribution >= 4 is 30.0 Å². The summed E-state index contributed by atoms with van der Waals surface area (Å²) in [6.45, 7) is 1.93. The third kappa shape index (κ3) is 16.4. The number of unbranched alkanes of at least 4 members (excludes halogenated alkanes) is 2. The van der Waals surface area contributed by atoms with Gasteiger partial charge >= 0.3 is 11.9 Å². The van der Waals surface area contributed by atoms with Gasteiger partial charge < -0.3 is 34.3 Å². The van der Waals surface area contributed by atoms with Gasteiger partial charge in [0.1, 0.15) is 18.4 Å². The Balaban J connectivity index is 0.000000232. The highest BCUT2D eigenvalue weighted by molar-refractivity contribution is 5.92. The largest absolute Gasteiger partial charge is 0.467 e. The smallest absolute Gasteiger partial charge is 0.328 e. The predicted octanol–water partition coefficient (Wildman–Crippen LogP) is 9.94. The molecule has 8 rings (SSSR count). The van der Waals surface area contributed by atoms with Crippen LogP contribution in [0.2, 0.25) is 0 Å². The van der Waals surface area contributed by atoms with Crippen LogP contribution in [0.15, 0.2) is 182 Å². The number of rotatable bonds is 19. The van der Waals surface area contributed by atoms with Crippen molar-refractivity contribution in [1.29, 1.82) is 0 Å². The molecule has 2 aliphatic heterocycles. The van der Waals surface area contributed by atoms with E-state index < -0.39 is 23.9 Å². The normalized spacial score (nSPS) is 16.8. The summed E-state index contributed by atoms with van der Waals surface area (Å²) in [4.78, 5) is 68.3. The zero-order chi connectivity index (χ0) is 51.8. The Kier molecular flexibility index (Phi) is 24.0. The lowest BCUT2D eigenvalue weighted by Crippen LogP contribution is -2.44. The molecule has 0 spiro atoms. The lowest BCUT2D eigenvalue weighted by molar-refractivity contribution is -0.151. The molecule has 2 fully saturated rings. The first-order chi connectivity index (χ1) is 35.7. The average molecular weight is 1000 g/mol. The summed E-state index contributed by atoms with van der Waals surface area (Å²) in [5, 5.41) is 3.17. The number of ether oxygens (including phenoxy) is 2. The predicted molar refractivity (Wildman–Crippen MR) is 295 cm³/mol. The molecule has 11 nitrogen and oxygen atoms in total. The highest BCUT2D eigenvalue weighted by atomic mass is 16.5. The van der Waals surface area contributed by atoms with E-state index >= 15 is 0 Å². The summed E-state index contributed by atoms with van der Waals surface area (Å²) in [7, 11) is 6.71. The van der Waals surface area contributed by atoms with Crippen LogP contribution in [-0.2, 0) is 46.3 Å². The molecule has 0 aliphatic carbocycles. The second-order valence-corrected chi connectivity index (χ2v) is 18.6. The van der Waals surface area contributed by atoms with E-state index in [-0.39, 0.29) is 43.3 Å². The number of likely N-dealkylation sites (N-methyl/N-ethyl adjacent to an activating group) is 2. The first-order valence-corrected chi connectivity index (χ1v) is 25.5. The van der Waals surface area contributed by atoms with Crippen molar-refractivity contribution in [2.75, 3.05) is 47.9 Å². The van der Waals surface area contributed by atoms with Gasteiger partial charge in [-0.15, -0.1) is 0 Å². The molecule has 74 heavy (non-hydrogen) atoms. The number of esters is 2. The van der Waals surface area contributed by atoms with Gasteiger partial charge in [0.2, 0.25) is 11.8 Å². The van der Waals surface area contributed by atoms with E-state index in [1.54, 1.807) is 9.80 Å². The number of hydrogen-bond acceptors (Lipinski definition) is 9. The van der Waals surface area contributed by atoms with Crippen LogP contribution in [0.4, 0.5) is 0 Å². The molecule has 2 saturated heterocycles. The number of amides is 2. The Morgan fingerprint density at radius 2 is 0.919 bits per heavy atom. The summed E-state index contributed by atoms with van der Waals surface area (Å²) in [5.41, 5.74) is 6.36. The molecule has 0 unspecified atom stereocenters. The topological polar surface area (TPSA) is 126 Å². The zero-order valence-corrected chi connectivity index (χ0v) is 42.8. The standard InChI is InChI=1S/C31H36N2O3.C21H24N2O3.C10H12O.CH4/c1-32(21-13-12-16-24-14-6-3-7-15-24)27-22-28(31(35)36-2)33(23-27)30(34)29(25-17-8-4-9-18-25)26-19-10-5-11-20-26;1-22-17-13-18(21(25)26-2)23(14-17)20(24)19(15-9-5-3-6-10-15)16-11-7-4-8-12-16;11-9-5-4-8-10-6-2-1-3-7-10;/h3-11,14-15,17-20,27-29H,12-13,16,21-23H2,1-2H3;3-12,17-19,22H,13-14H2,1-2H3;1-3,6-7,9H,4-5,8H2;1H4/t27-,28-;17-,18-;;/m00../s1. The minimum atomic E-state index is -0.575. The molecule has 0 saturated carbocycles. The van der Waals surface area contributed by atoms with Crippen molar-refractivity contribution in [3.8, 4) is 0 Å². The summed E-state index contributed by atoms with van der Waals surface area (Å²) in [6, 6.07) is 58.8. The number of likely N-dealkylation sites (tertiary alicyclic amines) is 2. The fraction of sp³-hybridized carbons (Fsp3) is 0.349. The van der Waals surface area contributed by atoms with E-state index in [9.17, 15) is 24.0 Å². The number of aldehydes is 1. The van der Waals surface area contributed by atoms with Crippen LogP contribution in [0.1, 0.15) is 91.2 Å². The molecule has 11 heteroatoms. The van der Waals surface area contributed by atoms with Crippen molar-refractivity contribution in [1.82, 2.24) is 20.0 Å².